The molecule has 2 unspecified atom stereocenters. The number of rotatable bonds is 4. The Kier molecular flexibility index (Phi) is 5.47. The fourth-order valence-corrected chi connectivity index (χ4v) is 2.92. The van der Waals surface area contributed by atoms with E-state index in [1.807, 2.05) is 6.07 Å². The molecule has 0 aliphatic carbocycles. The molecule has 0 bridgehead atoms. The molecule has 1 saturated heterocycles. The Morgan fingerprint density at radius 1 is 1.33 bits per heavy atom. The lowest BCUT2D eigenvalue weighted by atomic mass is 9.91. The molecule has 1 aromatic rings. The summed E-state index contributed by atoms with van der Waals surface area (Å²) in [6.45, 7) is 3.79. The lowest BCUT2D eigenvalue weighted by molar-refractivity contribution is -0.122. The molecule has 1 heterocycles. The van der Waals surface area contributed by atoms with E-state index in [0.717, 1.165) is 19.4 Å². The van der Waals surface area contributed by atoms with Gasteiger partial charge >= 0.3 is 0 Å². The van der Waals surface area contributed by atoms with Crippen LogP contribution in [0.3, 0.4) is 0 Å². The molecule has 1 aliphatic heterocycles. The molecule has 0 saturated carbocycles. The zero-order chi connectivity index (χ0) is 15.2. The summed E-state index contributed by atoms with van der Waals surface area (Å²) >= 11 is 0. The Balaban J connectivity index is 1.90. The predicted molar refractivity (Wildman–Crippen MR) is 81.7 cm³/mol. The van der Waals surface area contributed by atoms with Crippen molar-refractivity contribution in [3.8, 4) is 0 Å². The lowest BCUT2D eigenvalue weighted by Crippen LogP contribution is -2.52. The second-order valence-electron chi connectivity index (χ2n) is 5.64. The van der Waals surface area contributed by atoms with Crippen LogP contribution in [0.15, 0.2) is 30.3 Å². The molecule has 0 radical (unpaired) electrons. The van der Waals surface area contributed by atoms with Gasteiger partial charge in [-0.05, 0) is 37.4 Å². The average Bonchev–Trinajstić information content (AvgIpc) is 2.48. The molecule has 114 valence electrons. The second-order valence-corrected chi connectivity index (χ2v) is 5.64. The summed E-state index contributed by atoms with van der Waals surface area (Å²) in [5.41, 5.74) is 6.31. The Morgan fingerprint density at radius 2 is 2.05 bits per heavy atom. The summed E-state index contributed by atoms with van der Waals surface area (Å²) in [6, 6.07) is 8.98. The van der Waals surface area contributed by atoms with Crippen LogP contribution < -0.4 is 11.1 Å². The molecule has 1 aliphatic rings. The summed E-state index contributed by atoms with van der Waals surface area (Å²) in [4.78, 5) is 26.1. The first kappa shape index (κ1) is 15.7. The molecule has 1 aromatic carbocycles. The van der Waals surface area contributed by atoms with Crippen LogP contribution in [0.4, 0.5) is 0 Å². The normalized spacial score (nSPS) is 22.8. The number of piperidine rings is 1. The van der Waals surface area contributed by atoms with Gasteiger partial charge in [-0.25, -0.2) is 0 Å². The van der Waals surface area contributed by atoms with E-state index in [2.05, 4.69) is 17.1 Å². The van der Waals surface area contributed by atoms with Gasteiger partial charge in [0.05, 0.1) is 6.54 Å². The lowest BCUT2D eigenvalue weighted by Gasteiger charge is -2.38. The highest BCUT2D eigenvalue weighted by Crippen LogP contribution is 2.22. The van der Waals surface area contributed by atoms with Crippen molar-refractivity contribution in [2.75, 3.05) is 19.6 Å². The van der Waals surface area contributed by atoms with Crippen molar-refractivity contribution in [1.82, 2.24) is 10.2 Å². The first-order chi connectivity index (χ1) is 10.1. The molecule has 5 nitrogen and oxygen atoms in total. The topological polar surface area (TPSA) is 75.4 Å². The molecule has 3 N–H and O–H groups in total. The molecule has 2 atom stereocenters. The number of benzene rings is 1. The maximum absolute atomic E-state index is 12.0. The van der Waals surface area contributed by atoms with Crippen molar-refractivity contribution in [2.45, 2.75) is 25.8 Å². The van der Waals surface area contributed by atoms with Crippen LogP contribution in [0, 0.1) is 5.92 Å². The number of likely N-dealkylation sites (tertiary alicyclic amines) is 1. The number of carbonyl (C=O) groups excluding carboxylic acids is 2. The van der Waals surface area contributed by atoms with Gasteiger partial charge < -0.3 is 5.73 Å². The number of imide groups is 1. The van der Waals surface area contributed by atoms with Gasteiger partial charge in [0.15, 0.2) is 0 Å². The van der Waals surface area contributed by atoms with Gasteiger partial charge in [0.25, 0.3) is 5.91 Å². The van der Waals surface area contributed by atoms with E-state index in [9.17, 15) is 9.59 Å². The first-order valence-electron chi connectivity index (χ1n) is 7.45. The van der Waals surface area contributed by atoms with Crippen LogP contribution in [-0.4, -0.2) is 42.4 Å². The number of hydrogen-bond acceptors (Lipinski definition) is 4. The summed E-state index contributed by atoms with van der Waals surface area (Å²) in [6.07, 6.45) is 2.21. The minimum absolute atomic E-state index is 0.219. The van der Waals surface area contributed by atoms with E-state index in [1.54, 1.807) is 24.3 Å². The van der Waals surface area contributed by atoms with E-state index >= 15 is 0 Å². The van der Waals surface area contributed by atoms with E-state index < -0.39 is 0 Å². The maximum Gasteiger partial charge on any atom is 0.257 e. The van der Waals surface area contributed by atoms with E-state index in [0.29, 0.717) is 18.0 Å². The fourth-order valence-electron chi connectivity index (χ4n) is 2.92. The third kappa shape index (κ3) is 4.12. The molecular weight excluding hydrogens is 266 g/mol. The minimum Gasteiger partial charge on any atom is -0.329 e. The Labute approximate surface area is 125 Å². The SMILES string of the molecule is CC1CCCN(CC(=O)NC(=O)c2ccccc2)C1CN. The van der Waals surface area contributed by atoms with Crippen molar-refractivity contribution in [1.29, 1.82) is 0 Å². The molecule has 2 rings (SSSR count). The van der Waals surface area contributed by atoms with Crippen LogP contribution in [-0.2, 0) is 4.79 Å². The number of nitrogens with zero attached hydrogens (tertiary/aromatic N) is 1. The van der Waals surface area contributed by atoms with Crippen molar-refractivity contribution in [2.24, 2.45) is 11.7 Å². The standard InChI is InChI=1S/C16H23N3O2/c1-12-6-5-9-19(14(12)10-17)11-15(20)18-16(21)13-7-3-2-4-8-13/h2-4,7-8,12,14H,5-6,9-11,17H2,1H3,(H,18,20,21). The third-order valence-electron chi connectivity index (χ3n) is 4.11. The zero-order valence-corrected chi connectivity index (χ0v) is 12.4. The number of hydrogen-bond donors (Lipinski definition) is 2. The van der Waals surface area contributed by atoms with Crippen LogP contribution >= 0.6 is 0 Å². The Hall–Kier alpha value is -1.72. The number of nitrogens with one attached hydrogen (secondary N) is 1. The van der Waals surface area contributed by atoms with Crippen LogP contribution in [0.2, 0.25) is 0 Å². The summed E-state index contributed by atoms with van der Waals surface area (Å²) < 4.78 is 0. The van der Waals surface area contributed by atoms with E-state index in [4.69, 9.17) is 5.73 Å². The van der Waals surface area contributed by atoms with Gasteiger partial charge in [-0.2, -0.15) is 0 Å². The van der Waals surface area contributed by atoms with Crippen LogP contribution in [0.25, 0.3) is 0 Å². The van der Waals surface area contributed by atoms with Gasteiger partial charge in [0.2, 0.25) is 5.91 Å². The molecule has 5 heteroatoms. The van der Waals surface area contributed by atoms with Crippen LogP contribution in [0.5, 0.6) is 0 Å². The second kappa shape index (κ2) is 7.33. The molecule has 0 aromatic heterocycles. The smallest absolute Gasteiger partial charge is 0.257 e. The largest absolute Gasteiger partial charge is 0.329 e. The summed E-state index contributed by atoms with van der Waals surface area (Å²) in [5, 5.41) is 2.44. The fraction of sp³-hybridized carbons (Fsp3) is 0.500. The number of carbonyl (C=O) groups is 2. The van der Waals surface area contributed by atoms with Crippen molar-refractivity contribution in [3.05, 3.63) is 35.9 Å². The molecule has 0 spiro atoms. The number of amides is 2. The van der Waals surface area contributed by atoms with Crippen molar-refractivity contribution >= 4 is 11.8 Å². The quantitative estimate of drug-likeness (QED) is 0.867. The Bertz CT molecular complexity index is 490. The van der Waals surface area contributed by atoms with Gasteiger partial charge in [0.1, 0.15) is 0 Å². The minimum atomic E-state index is -0.352. The average molecular weight is 289 g/mol. The molecule has 1 fully saturated rings. The van der Waals surface area contributed by atoms with E-state index in [1.165, 1.54) is 0 Å². The van der Waals surface area contributed by atoms with E-state index in [-0.39, 0.29) is 24.4 Å². The summed E-state index contributed by atoms with van der Waals surface area (Å²) in [5.74, 6) is -0.132. The highest BCUT2D eigenvalue weighted by Gasteiger charge is 2.28. The maximum atomic E-state index is 12.0. The van der Waals surface area contributed by atoms with Gasteiger partial charge in [-0.1, -0.05) is 25.1 Å². The first-order valence-corrected chi connectivity index (χ1v) is 7.45. The third-order valence-corrected chi connectivity index (χ3v) is 4.11. The molecule has 21 heavy (non-hydrogen) atoms. The van der Waals surface area contributed by atoms with Gasteiger partial charge in [-0.15, -0.1) is 0 Å². The van der Waals surface area contributed by atoms with Crippen LogP contribution in [0.1, 0.15) is 30.1 Å². The van der Waals surface area contributed by atoms with Crippen molar-refractivity contribution in [3.63, 3.8) is 0 Å². The Morgan fingerprint density at radius 3 is 2.71 bits per heavy atom. The predicted octanol–water partition coefficient (Wildman–Crippen LogP) is 1.00. The number of nitrogens with two attached hydrogens (primary N) is 1. The monoisotopic (exact) mass is 289 g/mol. The summed E-state index contributed by atoms with van der Waals surface area (Å²) in [7, 11) is 0. The van der Waals surface area contributed by atoms with Gasteiger partial charge in [-0.3, -0.25) is 19.8 Å². The van der Waals surface area contributed by atoms with Crippen molar-refractivity contribution < 1.29 is 9.59 Å². The zero-order valence-electron chi connectivity index (χ0n) is 12.4. The molecular formula is C16H23N3O2. The van der Waals surface area contributed by atoms with Gasteiger partial charge in [0, 0.05) is 18.2 Å². The molecule has 2 amide bonds. The highest BCUT2D eigenvalue weighted by molar-refractivity contribution is 6.05. The highest BCUT2D eigenvalue weighted by atomic mass is 16.2.